The molecule has 0 aromatic rings. The zero-order valence-electron chi connectivity index (χ0n) is 9.45. The number of nitrogens with two attached hydrogens (primary N) is 1. The Bertz CT molecular complexity index is 169. The highest BCUT2D eigenvalue weighted by Crippen LogP contribution is 2.07. The minimum absolute atomic E-state index is 0.228. The topological polar surface area (TPSA) is 70.6 Å². The van der Waals surface area contributed by atoms with Crippen molar-refractivity contribution in [2.24, 2.45) is 16.6 Å². The smallest absolute Gasteiger partial charge is 0.188 e. The molecule has 0 saturated carbocycles. The molecule has 0 aromatic heterocycles. The fourth-order valence-corrected chi connectivity index (χ4v) is 1.18. The van der Waals surface area contributed by atoms with Crippen LogP contribution in [0.2, 0.25) is 0 Å². The van der Waals surface area contributed by atoms with Crippen LogP contribution in [0.15, 0.2) is 4.99 Å². The molecule has 0 aliphatic heterocycles. The average Bonchev–Trinajstić information content (AvgIpc) is 2.11. The van der Waals surface area contributed by atoms with Gasteiger partial charge in [-0.25, -0.2) is 0 Å². The normalized spacial score (nSPS) is 14.5. The second kappa shape index (κ2) is 7.62. The first-order chi connectivity index (χ1) is 6.60. The van der Waals surface area contributed by atoms with Gasteiger partial charge in [-0.15, -0.1) is 0 Å². The number of aliphatic hydroxyl groups excluding tert-OH is 1. The van der Waals surface area contributed by atoms with E-state index in [0.717, 1.165) is 12.8 Å². The highest BCUT2D eigenvalue weighted by molar-refractivity contribution is 5.78. The van der Waals surface area contributed by atoms with Crippen molar-refractivity contribution in [3.8, 4) is 0 Å². The van der Waals surface area contributed by atoms with Gasteiger partial charge in [-0.1, -0.05) is 13.3 Å². The lowest BCUT2D eigenvalue weighted by atomic mass is 10.0. The monoisotopic (exact) mass is 201 g/mol. The lowest BCUT2D eigenvalue weighted by Gasteiger charge is -2.12. The van der Waals surface area contributed by atoms with Crippen molar-refractivity contribution in [3.63, 3.8) is 0 Å². The molecule has 0 heterocycles. The number of aliphatic hydroxyl groups is 1. The van der Waals surface area contributed by atoms with Gasteiger partial charge in [-0.3, -0.25) is 4.99 Å². The molecule has 0 fully saturated rings. The van der Waals surface area contributed by atoms with E-state index >= 15 is 0 Å². The number of hydrogen-bond acceptors (Lipinski definition) is 2. The fraction of sp³-hybridized carbons (Fsp3) is 0.900. The molecule has 84 valence electrons. The van der Waals surface area contributed by atoms with Gasteiger partial charge in [0.2, 0.25) is 0 Å². The van der Waals surface area contributed by atoms with Crippen LogP contribution in [0.1, 0.15) is 33.6 Å². The summed E-state index contributed by atoms with van der Waals surface area (Å²) >= 11 is 0. The van der Waals surface area contributed by atoms with Crippen LogP contribution in [0.3, 0.4) is 0 Å². The Morgan fingerprint density at radius 3 is 2.57 bits per heavy atom. The van der Waals surface area contributed by atoms with Crippen molar-refractivity contribution >= 4 is 5.96 Å². The molecule has 0 aliphatic rings. The lowest BCUT2D eigenvalue weighted by Crippen LogP contribution is -2.37. The molecular formula is C10H23N3O. The SMILES string of the molecule is CCC(CCO)CN=C(N)NC(C)C. The van der Waals surface area contributed by atoms with E-state index in [1.165, 1.54) is 0 Å². The Morgan fingerprint density at radius 2 is 2.14 bits per heavy atom. The second-order valence-corrected chi connectivity index (χ2v) is 3.81. The average molecular weight is 201 g/mol. The van der Waals surface area contributed by atoms with E-state index in [1.807, 2.05) is 13.8 Å². The maximum Gasteiger partial charge on any atom is 0.188 e. The Morgan fingerprint density at radius 1 is 1.50 bits per heavy atom. The van der Waals surface area contributed by atoms with Crippen LogP contribution in [0.5, 0.6) is 0 Å². The third-order valence-electron chi connectivity index (χ3n) is 2.07. The number of guanidine groups is 1. The molecule has 0 aliphatic carbocycles. The van der Waals surface area contributed by atoms with Gasteiger partial charge in [-0.2, -0.15) is 0 Å². The number of rotatable bonds is 6. The van der Waals surface area contributed by atoms with Crippen LogP contribution in [-0.4, -0.2) is 30.3 Å². The van der Waals surface area contributed by atoms with Gasteiger partial charge in [0.1, 0.15) is 0 Å². The maximum atomic E-state index is 8.78. The molecule has 0 aromatic carbocycles. The fourth-order valence-electron chi connectivity index (χ4n) is 1.18. The summed E-state index contributed by atoms with van der Waals surface area (Å²) in [5, 5.41) is 11.8. The highest BCUT2D eigenvalue weighted by Gasteiger charge is 2.04. The predicted octanol–water partition coefficient (Wildman–Crippen LogP) is 0.708. The number of nitrogens with one attached hydrogen (secondary N) is 1. The first kappa shape index (κ1) is 13.2. The van der Waals surface area contributed by atoms with E-state index < -0.39 is 0 Å². The lowest BCUT2D eigenvalue weighted by molar-refractivity contribution is 0.256. The van der Waals surface area contributed by atoms with Crippen molar-refractivity contribution < 1.29 is 5.11 Å². The molecule has 0 bridgehead atoms. The van der Waals surface area contributed by atoms with Crippen molar-refractivity contribution in [2.45, 2.75) is 39.7 Å². The summed E-state index contributed by atoms with van der Waals surface area (Å²) in [5.74, 6) is 0.934. The van der Waals surface area contributed by atoms with Gasteiger partial charge in [-0.05, 0) is 26.2 Å². The van der Waals surface area contributed by atoms with E-state index in [4.69, 9.17) is 10.8 Å². The van der Waals surface area contributed by atoms with Crippen LogP contribution >= 0.6 is 0 Å². The third-order valence-corrected chi connectivity index (χ3v) is 2.07. The molecule has 0 saturated heterocycles. The summed E-state index contributed by atoms with van der Waals surface area (Å²) in [6, 6.07) is 0.316. The van der Waals surface area contributed by atoms with Crippen LogP contribution in [-0.2, 0) is 0 Å². The molecular weight excluding hydrogens is 178 g/mol. The van der Waals surface area contributed by atoms with Crippen molar-refractivity contribution in [1.82, 2.24) is 5.32 Å². The summed E-state index contributed by atoms with van der Waals surface area (Å²) in [5.41, 5.74) is 5.65. The molecule has 1 atom stereocenters. The second-order valence-electron chi connectivity index (χ2n) is 3.81. The maximum absolute atomic E-state index is 8.78. The van der Waals surface area contributed by atoms with Gasteiger partial charge < -0.3 is 16.2 Å². The summed E-state index contributed by atoms with van der Waals surface area (Å²) in [6.45, 7) is 7.07. The number of nitrogens with zero attached hydrogens (tertiary/aromatic N) is 1. The van der Waals surface area contributed by atoms with Crippen LogP contribution in [0.25, 0.3) is 0 Å². The Balaban J connectivity index is 3.85. The zero-order valence-corrected chi connectivity index (χ0v) is 9.45. The molecule has 4 nitrogen and oxygen atoms in total. The molecule has 4 heteroatoms. The van der Waals surface area contributed by atoms with E-state index in [9.17, 15) is 0 Å². The molecule has 0 amide bonds. The van der Waals surface area contributed by atoms with E-state index in [1.54, 1.807) is 0 Å². The van der Waals surface area contributed by atoms with Gasteiger partial charge in [0.15, 0.2) is 5.96 Å². The van der Waals surface area contributed by atoms with E-state index in [-0.39, 0.29) is 6.61 Å². The molecule has 14 heavy (non-hydrogen) atoms. The minimum atomic E-state index is 0.228. The molecule has 4 N–H and O–H groups in total. The van der Waals surface area contributed by atoms with Gasteiger partial charge in [0.05, 0.1) is 0 Å². The van der Waals surface area contributed by atoms with Crippen molar-refractivity contribution in [3.05, 3.63) is 0 Å². The van der Waals surface area contributed by atoms with Gasteiger partial charge in [0, 0.05) is 19.2 Å². The highest BCUT2D eigenvalue weighted by atomic mass is 16.3. The van der Waals surface area contributed by atoms with Crippen LogP contribution in [0.4, 0.5) is 0 Å². The van der Waals surface area contributed by atoms with Gasteiger partial charge >= 0.3 is 0 Å². The van der Waals surface area contributed by atoms with Crippen LogP contribution < -0.4 is 11.1 Å². The Labute approximate surface area is 86.6 Å². The first-order valence-corrected chi connectivity index (χ1v) is 5.27. The molecule has 1 unspecified atom stereocenters. The molecule has 0 spiro atoms. The number of aliphatic imine (C=N–C) groups is 1. The van der Waals surface area contributed by atoms with Crippen molar-refractivity contribution in [1.29, 1.82) is 0 Å². The quantitative estimate of drug-likeness (QED) is 0.438. The zero-order chi connectivity index (χ0) is 11.0. The molecule has 0 radical (unpaired) electrons. The summed E-state index contributed by atoms with van der Waals surface area (Å²) in [6.07, 6.45) is 1.83. The summed E-state index contributed by atoms with van der Waals surface area (Å²) in [7, 11) is 0. The summed E-state index contributed by atoms with van der Waals surface area (Å²) in [4.78, 5) is 4.23. The van der Waals surface area contributed by atoms with E-state index in [2.05, 4.69) is 17.2 Å². The predicted molar refractivity (Wildman–Crippen MR) is 60.2 cm³/mol. The Hall–Kier alpha value is -0.770. The number of hydrogen-bond donors (Lipinski definition) is 3. The minimum Gasteiger partial charge on any atom is -0.396 e. The Kier molecular flexibility index (Phi) is 7.20. The summed E-state index contributed by atoms with van der Waals surface area (Å²) < 4.78 is 0. The van der Waals surface area contributed by atoms with Gasteiger partial charge in [0.25, 0.3) is 0 Å². The molecule has 0 rings (SSSR count). The van der Waals surface area contributed by atoms with Crippen LogP contribution in [0, 0.1) is 5.92 Å². The van der Waals surface area contributed by atoms with E-state index in [0.29, 0.717) is 24.5 Å². The first-order valence-electron chi connectivity index (χ1n) is 5.27. The third kappa shape index (κ3) is 6.71. The largest absolute Gasteiger partial charge is 0.396 e. The standard InChI is InChI=1S/C10H23N3O/c1-4-9(5-6-14)7-12-10(11)13-8(2)3/h8-9,14H,4-7H2,1-3H3,(H3,11,12,13). The van der Waals surface area contributed by atoms with Crippen molar-refractivity contribution in [2.75, 3.05) is 13.2 Å².